The van der Waals surface area contributed by atoms with Gasteiger partial charge in [-0.25, -0.2) is 9.97 Å². The average Bonchev–Trinajstić information content (AvgIpc) is 2.12. The molecule has 0 saturated carbocycles. The molecule has 0 bridgehead atoms. The topological polar surface area (TPSA) is 54.9 Å². The van der Waals surface area contributed by atoms with Gasteiger partial charge in [-0.3, -0.25) is 4.79 Å². The molecule has 0 unspecified atom stereocenters. The second-order valence-corrected chi connectivity index (χ2v) is 2.73. The molecule has 4 nitrogen and oxygen atoms in total. The van der Waals surface area contributed by atoms with E-state index in [0.29, 0.717) is 12.4 Å². The summed E-state index contributed by atoms with van der Waals surface area (Å²) < 4.78 is 0. The molecule has 0 aliphatic carbocycles. The molecule has 0 atom stereocenters. The summed E-state index contributed by atoms with van der Waals surface area (Å²) in [5.74, 6) is 5.90. The molecule has 0 aliphatic rings. The van der Waals surface area contributed by atoms with Gasteiger partial charge < -0.3 is 5.32 Å². The van der Waals surface area contributed by atoms with E-state index in [2.05, 4.69) is 27.1 Å². The lowest BCUT2D eigenvalue weighted by molar-refractivity contribution is -0.118. The molecule has 0 fully saturated rings. The normalized spacial score (nSPS) is 8.71. The van der Waals surface area contributed by atoms with Gasteiger partial charge in [-0.15, -0.1) is 0 Å². The van der Waals surface area contributed by atoms with Crippen LogP contribution in [0.5, 0.6) is 0 Å². The Bertz CT molecular complexity index is 390. The van der Waals surface area contributed by atoms with Gasteiger partial charge in [0.2, 0.25) is 11.7 Å². The zero-order chi connectivity index (χ0) is 10.4. The highest BCUT2D eigenvalue weighted by Crippen LogP contribution is 1.90. The van der Waals surface area contributed by atoms with Crippen molar-refractivity contribution in [3.05, 3.63) is 23.8 Å². The van der Waals surface area contributed by atoms with Crippen molar-refractivity contribution in [2.75, 3.05) is 6.54 Å². The van der Waals surface area contributed by atoms with Crippen LogP contribution >= 0.6 is 0 Å². The predicted octanol–water partition coefficient (Wildman–Crippen LogP) is 0.273. The summed E-state index contributed by atoms with van der Waals surface area (Å²) in [6.45, 7) is 3.65. The minimum Gasteiger partial charge on any atom is -0.345 e. The smallest absolute Gasteiger partial charge is 0.217 e. The largest absolute Gasteiger partial charge is 0.345 e. The Kier molecular flexibility index (Phi) is 3.62. The Labute approximate surface area is 82.8 Å². The second kappa shape index (κ2) is 4.97. The number of hydrogen-bond donors (Lipinski definition) is 1. The predicted molar refractivity (Wildman–Crippen MR) is 52.3 cm³/mol. The van der Waals surface area contributed by atoms with Crippen molar-refractivity contribution in [3.63, 3.8) is 0 Å². The molecule has 0 saturated heterocycles. The van der Waals surface area contributed by atoms with Gasteiger partial charge in [-0.2, -0.15) is 0 Å². The summed E-state index contributed by atoms with van der Waals surface area (Å²) >= 11 is 0. The number of nitrogens with zero attached hydrogens (tertiary/aromatic N) is 2. The molecule has 0 aromatic carbocycles. The van der Waals surface area contributed by atoms with Crippen LogP contribution in [0.25, 0.3) is 0 Å². The summed E-state index contributed by atoms with van der Waals surface area (Å²) in [7, 11) is 0. The number of rotatable bonds is 1. The fourth-order valence-corrected chi connectivity index (χ4v) is 0.801. The summed E-state index contributed by atoms with van der Waals surface area (Å²) in [6, 6.07) is 1.80. The van der Waals surface area contributed by atoms with E-state index >= 15 is 0 Å². The average molecular weight is 189 g/mol. The Balaban J connectivity index is 2.55. The quantitative estimate of drug-likeness (QED) is 0.645. The summed E-state index contributed by atoms with van der Waals surface area (Å²) in [6.07, 6.45) is 1.66. The molecule has 72 valence electrons. The van der Waals surface area contributed by atoms with E-state index in [9.17, 15) is 4.79 Å². The van der Waals surface area contributed by atoms with E-state index in [0.717, 1.165) is 5.69 Å². The molecular weight excluding hydrogens is 178 g/mol. The molecule has 0 radical (unpaired) electrons. The summed E-state index contributed by atoms with van der Waals surface area (Å²) in [5, 5.41) is 2.56. The van der Waals surface area contributed by atoms with E-state index in [1.807, 2.05) is 6.92 Å². The number of carbonyl (C=O) groups is 1. The van der Waals surface area contributed by atoms with Crippen molar-refractivity contribution >= 4 is 5.91 Å². The van der Waals surface area contributed by atoms with Crippen LogP contribution in [0, 0.1) is 18.8 Å². The minimum absolute atomic E-state index is 0.0931. The van der Waals surface area contributed by atoms with Gasteiger partial charge in [0.1, 0.15) is 0 Å². The van der Waals surface area contributed by atoms with Crippen LogP contribution in [0.1, 0.15) is 18.4 Å². The molecular formula is C10H11N3O. The first-order valence-corrected chi connectivity index (χ1v) is 4.21. The number of aryl methyl sites for hydroxylation is 1. The van der Waals surface area contributed by atoms with Crippen molar-refractivity contribution in [3.8, 4) is 11.8 Å². The van der Waals surface area contributed by atoms with Crippen LogP contribution in [0.4, 0.5) is 0 Å². The lowest BCUT2D eigenvalue weighted by Gasteiger charge is -1.92. The standard InChI is InChI=1S/C10H11N3O/c1-8-5-7-12-10(13-8)4-3-6-11-9(2)14/h5,7H,6H2,1-2H3,(H,11,14). The maximum absolute atomic E-state index is 10.5. The van der Waals surface area contributed by atoms with Gasteiger partial charge in [0.15, 0.2) is 0 Å². The molecule has 4 heteroatoms. The molecule has 1 aromatic heterocycles. The van der Waals surface area contributed by atoms with Crippen molar-refractivity contribution in [1.29, 1.82) is 0 Å². The van der Waals surface area contributed by atoms with Gasteiger partial charge in [0.05, 0.1) is 6.54 Å². The molecule has 1 heterocycles. The van der Waals surface area contributed by atoms with Crippen LogP contribution < -0.4 is 5.32 Å². The maximum Gasteiger partial charge on any atom is 0.217 e. The Morgan fingerprint density at radius 2 is 2.43 bits per heavy atom. The van der Waals surface area contributed by atoms with Gasteiger partial charge in [-0.05, 0) is 18.9 Å². The van der Waals surface area contributed by atoms with Crippen molar-refractivity contribution < 1.29 is 4.79 Å². The summed E-state index contributed by atoms with van der Waals surface area (Å²) in [4.78, 5) is 18.6. The van der Waals surface area contributed by atoms with Gasteiger partial charge in [-0.1, -0.05) is 5.92 Å². The third-order valence-corrected chi connectivity index (χ3v) is 1.42. The number of aromatic nitrogens is 2. The van der Waals surface area contributed by atoms with Gasteiger partial charge >= 0.3 is 0 Å². The van der Waals surface area contributed by atoms with Crippen LogP contribution in [-0.4, -0.2) is 22.4 Å². The highest BCUT2D eigenvalue weighted by atomic mass is 16.1. The van der Waals surface area contributed by atoms with E-state index < -0.39 is 0 Å². The third-order valence-electron chi connectivity index (χ3n) is 1.42. The number of carbonyl (C=O) groups excluding carboxylic acids is 1. The molecule has 1 rings (SSSR count). The highest BCUT2D eigenvalue weighted by Gasteiger charge is 1.89. The van der Waals surface area contributed by atoms with Gasteiger partial charge in [0, 0.05) is 18.8 Å². The molecule has 0 aliphatic heterocycles. The lowest BCUT2D eigenvalue weighted by Crippen LogP contribution is -2.19. The zero-order valence-electron chi connectivity index (χ0n) is 8.16. The van der Waals surface area contributed by atoms with Gasteiger partial charge in [0.25, 0.3) is 0 Å². The van der Waals surface area contributed by atoms with Crippen LogP contribution in [0.15, 0.2) is 12.3 Å². The molecule has 1 N–H and O–H groups in total. The van der Waals surface area contributed by atoms with E-state index in [1.54, 1.807) is 12.3 Å². The molecule has 0 spiro atoms. The number of amides is 1. The SMILES string of the molecule is CC(=O)NCC#Cc1nccc(C)n1. The number of hydrogen-bond acceptors (Lipinski definition) is 3. The Hall–Kier alpha value is -1.89. The third kappa shape index (κ3) is 3.68. The monoisotopic (exact) mass is 189 g/mol. The van der Waals surface area contributed by atoms with Crippen molar-refractivity contribution in [2.24, 2.45) is 0 Å². The van der Waals surface area contributed by atoms with Crippen molar-refractivity contribution in [2.45, 2.75) is 13.8 Å². The van der Waals surface area contributed by atoms with E-state index in [4.69, 9.17) is 0 Å². The van der Waals surface area contributed by atoms with Crippen LogP contribution in [0.3, 0.4) is 0 Å². The first-order valence-electron chi connectivity index (χ1n) is 4.21. The number of nitrogens with one attached hydrogen (secondary N) is 1. The van der Waals surface area contributed by atoms with Crippen LogP contribution in [-0.2, 0) is 4.79 Å². The molecule has 1 aromatic rings. The highest BCUT2D eigenvalue weighted by molar-refractivity contribution is 5.73. The lowest BCUT2D eigenvalue weighted by atomic mass is 10.4. The maximum atomic E-state index is 10.5. The zero-order valence-corrected chi connectivity index (χ0v) is 8.16. The minimum atomic E-state index is -0.0931. The Morgan fingerprint density at radius 1 is 1.64 bits per heavy atom. The Morgan fingerprint density at radius 3 is 3.07 bits per heavy atom. The van der Waals surface area contributed by atoms with Crippen LogP contribution in [0.2, 0.25) is 0 Å². The van der Waals surface area contributed by atoms with E-state index in [1.165, 1.54) is 6.92 Å². The first kappa shape index (κ1) is 10.2. The fourth-order valence-electron chi connectivity index (χ4n) is 0.801. The van der Waals surface area contributed by atoms with E-state index in [-0.39, 0.29) is 5.91 Å². The fraction of sp³-hybridized carbons (Fsp3) is 0.300. The second-order valence-electron chi connectivity index (χ2n) is 2.73. The van der Waals surface area contributed by atoms with Crippen molar-refractivity contribution in [1.82, 2.24) is 15.3 Å². The summed E-state index contributed by atoms with van der Waals surface area (Å²) in [5.41, 5.74) is 0.879. The molecule has 14 heavy (non-hydrogen) atoms. The molecule has 1 amide bonds. The first-order chi connectivity index (χ1) is 6.68.